The third-order valence-electron chi connectivity index (χ3n) is 7.09. The molecule has 2 N–H and O–H groups in total. The van der Waals surface area contributed by atoms with E-state index in [1.54, 1.807) is 18.4 Å². The highest BCUT2D eigenvalue weighted by Crippen LogP contribution is 2.36. The number of thioether (sulfide) groups is 1. The van der Waals surface area contributed by atoms with Crippen molar-refractivity contribution in [3.05, 3.63) is 54.0 Å². The summed E-state index contributed by atoms with van der Waals surface area (Å²) in [6, 6.07) is 10.7. The van der Waals surface area contributed by atoms with E-state index in [-0.39, 0.29) is 30.2 Å². The number of rotatable bonds is 9. The molecule has 3 heterocycles. The molecule has 3 amide bonds. The van der Waals surface area contributed by atoms with Gasteiger partial charge in [-0.1, -0.05) is 50.1 Å². The van der Waals surface area contributed by atoms with E-state index in [9.17, 15) is 14.4 Å². The molecule has 0 radical (unpaired) electrons. The van der Waals surface area contributed by atoms with Gasteiger partial charge in [0.1, 0.15) is 17.6 Å². The summed E-state index contributed by atoms with van der Waals surface area (Å²) in [4.78, 5) is 50.1. The fourth-order valence-electron chi connectivity index (χ4n) is 5.03. The second-order valence-electron chi connectivity index (χ2n) is 9.81. The summed E-state index contributed by atoms with van der Waals surface area (Å²) >= 11 is 1.26. The van der Waals surface area contributed by atoms with E-state index in [1.165, 1.54) is 23.1 Å². The Balaban J connectivity index is 1.28. The van der Waals surface area contributed by atoms with Gasteiger partial charge in [-0.15, -0.1) is 0 Å². The van der Waals surface area contributed by atoms with E-state index >= 15 is 0 Å². The number of carbonyl (C=O) groups excluding carboxylic acids is 3. The maximum Gasteiger partial charge on any atom is 0.259 e. The minimum absolute atomic E-state index is 0.0299. The Labute approximate surface area is 226 Å². The minimum atomic E-state index is -0.660. The Bertz CT molecular complexity index is 1240. The van der Waals surface area contributed by atoms with E-state index in [0.29, 0.717) is 41.8 Å². The number of hydrogen-bond acceptors (Lipinski definition) is 7. The summed E-state index contributed by atoms with van der Waals surface area (Å²) in [6.45, 7) is 2.22. The van der Waals surface area contributed by atoms with Crippen LogP contribution in [0.15, 0.2) is 57.1 Å². The van der Waals surface area contributed by atoms with E-state index < -0.39 is 11.3 Å². The first kappa shape index (κ1) is 26.2. The molecule has 3 aliphatic rings. The Morgan fingerprint density at radius 2 is 1.97 bits per heavy atom. The van der Waals surface area contributed by atoms with Crippen LogP contribution in [0, 0.1) is 0 Å². The molecule has 2 unspecified atom stereocenters. The summed E-state index contributed by atoms with van der Waals surface area (Å²) in [5.74, 6) is 0.805. The van der Waals surface area contributed by atoms with Gasteiger partial charge in [0.25, 0.3) is 5.91 Å². The number of benzene rings is 1. The summed E-state index contributed by atoms with van der Waals surface area (Å²) in [6.07, 6.45) is 8.25. The van der Waals surface area contributed by atoms with Crippen LogP contribution in [0.5, 0.6) is 0 Å². The number of hydrogen-bond donors (Lipinski definition) is 2. The van der Waals surface area contributed by atoms with Crippen molar-refractivity contribution >= 4 is 46.2 Å². The molecule has 5 rings (SSSR count). The standard InChI is InChI=1S/C28H33N5O4S/c1-2-23(26(35)29-17-19-11-8-16-37-19)38-28-32-21-13-7-6-12-20(21)25-31-22(27(36)33(25)28)14-15-24(34)30-18-9-4-3-5-10-18/h6-8,11-13,16,18,22-23H,2-5,9-10,14-15,17H2,1H3,(H,29,35)(H,30,34). The van der Waals surface area contributed by atoms with Crippen molar-refractivity contribution in [1.29, 1.82) is 0 Å². The molecule has 1 aliphatic carbocycles. The van der Waals surface area contributed by atoms with Crippen molar-refractivity contribution in [1.82, 2.24) is 15.5 Å². The quantitative estimate of drug-likeness (QED) is 0.497. The number of fused-ring (bicyclic) bond motifs is 3. The number of amidine groups is 2. The average molecular weight is 536 g/mol. The summed E-state index contributed by atoms with van der Waals surface area (Å²) in [5, 5.41) is 6.00. The number of carbonyl (C=O) groups is 3. The van der Waals surface area contributed by atoms with E-state index in [1.807, 2.05) is 31.2 Å². The van der Waals surface area contributed by atoms with Gasteiger partial charge in [-0.2, -0.15) is 0 Å². The predicted molar refractivity (Wildman–Crippen MR) is 147 cm³/mol. The van der Waals surface area contributed by atoms with Gasteiger partial charge in [0, 0.05) is 18.0 Å². The van der Waals surface area contributed by atoms with Gasteiger partial charge in [-0.3, -0.25) is 19.4 Å². The maximum atomic E-state index is 13.6. The molecule has 0 saturated heterocycles. The summed E-state index contributed by atoms with van der Waals surface area (Å²) < 4.78 is 5.31. The Morgan fingerprint density at radius 1 is 1.16 bits per heavy atom. The zero-order valence-corrected chi connectivity index (χ0v) is 22.3. The number of nitrogens with one attached hydrogen (secondary N) is 2. The number of nitrogens with zero attached hydrogens (tertiary/aromatic N) is 3. The highest BCUT2D eigenvalue weighted by atomic mass is 32.2. The first-order valence-corrected chi connectivity index (χ1v) is 14.3. The monoisotopic (exact) mass is 535 g/mol. The minimum Gasteiger partial charge on any atom is -0.467 e. The van der Waals surface area contributed by atoms with Crippen LogP contribution in [0.2, 0.25) is 0 Å². The molecule has 2 aromatic rings. The Morgan fingerprint density at radius 3 is 2.74 bits per heavy atom. The Hall–Kier alpha value is -3.40. The number of aliphatic imine (C=N–C) groups is 2. The fraction of sp³-hybridized carbons (Fsp3) is 0.464. The SMILES string of the molecule is CCC(SC1=Nc2ccccc2C2=NC(CCC(=O)NC3CCCCC3)C(=O)N12)C(=O)NCc1ccco1. The van der Waals surface area contributed by atoms with Gasteiger partial charge >= 0.3 is 0 Å². The van der Waals surface area contributed by atoms with Gasteiger partial charge in [-0.05, 0) is 49.9 Å². The average Bonchev–Trinajstić information content (AvgIpc) is 3.58. The van der Waals surface area contributed by atoms with Crippen molar-refractivity contribution in [3.63, 3.8) is 0 Å². The normalized spacial score (nSPS) is 19.8. The van der Waals surface area contributed by atoms with Crippen LogP contribution in [0.25, 0.3) is 0 Å². The smallest absolute Gasteiger partial charge is 0.259 e. The zero-order chi connectivity index (χ0) is 26.5. The fourth-order valence-corrected chi connectivity index (χ4v) is 6.08. The van der Waals surface area contributed by atoms with E-state index in [4.69, 9.17) is 14.4 Å². The second kappa shape index (κ2) is 12.0. The molecule has 1 aromatic heterocycles. The molecule has 1 aromatic carbocycles. The molecule has 200 valence electrons. The van der Waals surface area contributed by atoms with Crippen molar-refractivity contribution < 1.29 is 18.8 Å². The second-order valence-corrected chi connectivity index (χ2v) is 11.0. The van der Waals surface area contributed by atoms with Crippen LogP contribution in [0.1, 0.15) is 69.6 Å². The van der Waals surface area contributed by atoms with Gasteiger partial charge < -0.3 is 15.1 Å². The van der Waals surface area contributed by atoms with Crippen LogP contribution in [0.4, 0.5) is 5.69 Å². The number of amides is 3. The molecule has 1 fully saturated rings. The molecule has 0 spiro atoms. The lowest BCUT2D eigenvalue weighted by Crippen LogP contribution is -2.43. The lowest BCUT2D eigenvalue weighted by atomic mass is 9.95. The van der Waals surface area contributed by atoms with Crippen molar-refractivity contribution in [2.24, 2.45) is 9.98 Å². The van der Waals surface area contributed by atoms with Gasteiger partial charge in [0.2, 0.25) is 11.8 Å². The van der Waals surface area contributed by atoms with Crippen molar-refractivity contribution in [2.75, 3.05) is 0 Å². The molecular weight excluding hydrogens is 502 g/mol. The largest absolute Gasteiger partial charge is 0.467 e. The lowest BCUT2D eigenvalue weighted by Gasteiger charge is -2.27. The first-order chi connectivity index (χ1) is 18.5. The van der Waals surface area contributed by atoms with Crippen LogP contribution in [0.3, 0.4) is 0 Å². The zero-order valence-electron chi connectivity index (χ0n) is 21.5. The lowest BCUT2D eigenvalue weighted by molar-refractivity contribution is -0.125. The van der Waals surface area contributed by atoms with Gasteiger partial charge in [0.05, 0.1) is 23.7 Å². The van der Waals surface area contributed by atoms with Crippen molar-refractivity contribution in [3.8, 4) is 0 Å². The number of para-hydroxylation sites is 1. The van der Waals surface area contributed by atoms with Crippen LogP contribution in [-0.2, 0) is 20.9 Å². The third-order valence-corrected chi connectivity index (χ3v) is 8.41. The highest BCUT2D eigenvalue weighted by Gasteiger charge is 2.42. The molecule has 0 bridgehead atoms. The highest BCUT2D eigenvalue weighted by molar-refractivity contribution is 8.15. The molecule has 9 nitrogen and oxygen atoms in total. The number of furan rings is 1. The molecule has 10 heteroatoms. The Kier molecular flexibility index (Phi) is 8.26. The maximum absolute atomic E-state index is 13.6. The van der Waals surface area contributed by atoms with Gasteiger partial charge in [0.15, 0.2) is 5.17 Å². The first-order valence-electron chi connectivity index (χ1n) is 13.4. The molecule has 38 heavy (non-hydrogen) atoms. The third kappa shape index (κ3) is 5.85. The molecular formula is C28H33N5O4S. The molecule has 2 aliphatic heterocycles. The summed E-state index contributed by atoms with van der Waals surface area (Å²) in [7, 11) is 0. The van der Waals surface area contributed by atoms with E-state index in [0.717, 1.165) is 31.2 Å². The topological polar surface area (TPSA) is 116 Å². The predicted octanol–water partition coefficient (Wildman–Crippen LogP) is 4.30. The molecule has 1 saturated carbocycles. The van der Waals surface area contributed by atoms with Crippen LogP contribution >= 0.6 is 11.8 Å². The van der Waals surface area contributed by atoms with Gasteiger partial charge in [-0.25, -0.2) is 9.89 Å². The van der Waals surface area contributed by atoms with Crippen LogP contribution < -0.4 is 10.6 Å². The van der Waals surface area contributed by atoms with Crippen molar-refractivity contribution in [2.45, 2.75) is 82.2 Å². The summed E-state index contributed by atoms with van der Waals surface area (Å²) in [5.41, 5.74) is 1.48. The van der Waals surface area contributed by atoms with E-state index in [2.05, 4.69) is 10.6 Å². The van der Waals surface area contributed by atoms with Crippen LogP contribution in [-0.4, -0.2) is 51.0 Å². The molecule has 2 atom stereocenters.